The summed E-state index contributed by atoms with van der Waals surface area (Å²) in [7, 11) is 1.85. The fourth-order valence-electron chi connectivity index (χ4n) is 1.92. The lowest BCUT2D eigenvalue weighted by Gasteiger charge is -2.20. The Morgan fingerprint density at radius 2 is 2.11 bits per heavy atom. The van der Waals surface area contributed by atoms with Crippen LogP contribution in [0.2, 0.25) is 0 Å². The van der Waals surface area contributed by atoms with Crippen molar-refractivity contribution >= 4 is 11.3 Å². The van der Waals surface area contributed by atoms with Gasteiger partial charge >= 0.3 is 0 Å². The van der Waals surface area contributed by atoms with Gasteiger partial charge in [-0.05, 0) is 35.5 Å². The van der Waals surface area contributed by atoms with Crippen molar-refractivity contribution < 1.29 is 13.9 Å². The number of halogens is 2. The van der Waals surface area contributed by atoms with Crippen LogP contribution in [0, 0.1) is 11.6 Å². The Hall–Kier alpha value is -1.30. The van der Waals surface area contributed by atoms with Crippen LogP contribution in [0.15, 0.2) is 35.0 Å². The normalized spacial score (nSPS) is 12.9. The highest BCUT2D eigenvalue weighted by atomic mass is 32.1. The molecule has 5 heteroatoms. The van der Waals surface area contributed by atoms with Crippen LogP contribution < -0.4 is 0 Å². The molecule has 0 radical (unpaired) electrons. The molecule has 2 rings (SSSR count). The predicted octanol–water partition coefficient (Wildman–Crippen LogP) is 3.19. The number of thiophene rings is 1. The Kier molecular flexibility index (Phi) is 4.63. The molecule has 1 aromatic carbocycles. The van der Waals surface area contributed by atoms with Gasteiger partial charge in [0.25, 0.3) is 0 Å². The molecule has 1 aromatic heterocycles. The topological polar surface area (TPSA) is 23.5 Å². The molecule has 1 unspecified atom stereocenters. The van der Waals surface area contributed by atoms with E-state index in [9.17, 15) is 13.9 Å². The quantitative estimate of drug-likeness (QED) is 0.911. The van der Waals surface area contributed by atoms with Gasteiger partial charge in [-0.3, -0.25) is 4.90 Å². The van der Waals surface area contributed by atoms with E-state index in [4.69, 9.17) is 0 Å². The first-order valence-electron chi connectivity index (χ1n) is 5.89. The van der Waals surface area contributed by atoms with E-state index in [0.717, 1.165) is 17.7 Å². The van der Waals surface area contributed by atoms with Crippen LogP contribution in [0.5, 0.6) is 0 Å². The van der Waals surface area contributed by atoms with Gasteiger partial charge in [-0.1, -0.05) is 6.07 Å². The van der Waals surface area contributed by atoms with Crippen LogP contribution in [0.1, 0.15) is 17.2 Å². The third-order valence-corrected chi connectivity index (χ3v) is 3.57. The van der Waals surface area contributed by atoms with Gasteiger partial charge in [0.15, 0.2) is 0 Å². The molecule has 1 atom stereocenters. The van der Waals surface area contributed by atoms with Gasteiger partial charge in [-0.15, -0.1) is 0 Å². The van der Waals surface area contributed by atoms with Crippen molar-refractivity contribution in [3.05, 3.63) is 57.8 Å². The van der Waals surface area contributed by atoms with E-state index in [0.29, 0.717) is 13.1 Å². The number of benzene rings is 1. The van der Waals surface area contributed by atoms with Crippen molar-refractivity contribution in [2.24, 2.45) is 0 Å². The zero-order chi connectivity index (χ0) is 13.8. The second-order valence-corrected chi connectivity index (χ2v) is 5.29. The molecule has 102 valence electrons. The summed E-state index contributed by atoms with van der Waals surface area (Å²) < 4.78 is 26.3. The average Bonchev–Trinajstić information content (AvgIpc) is 2.81. The minimum atomic E-state index is -0.968. The molecule has 2 nitrogen and oxygen atoms in total. The predicted molar refractivity (Wildman–Crippen MR) is 72.0 cm³/mol. The lowest BCUT2D eigenvalue weighted by Crippen LogP contribution is -2.24. The van der Waals surface area contributed by atoms with E-state index in [1.165, 1.54) is 6.07 Å². The highest BCUT2D eigenvalue weighted by Crippen LogP contribution is 2.19. The molecule has 0 aliphatic rings. The number of rotatable bonds is 5. The highest BCUT2D eigenvalue weighted by molar-refractivity contribution is 7.07. The highest BCUT2D eigenvalue weighted by Gasteiger charge is 2.15. The molecule has 1 N–H and O–H groups in total. The first kappa shape index (κ1) is 14.1. The van der Waals surface area contributed by atoms with Crippen molar-refractivity contribution in [3.8, 4) is 0 Å². The molecule has 19 heavy (non-hydrogen) atoms. The van der Waals surface area contributed by atoms with Crippen molar-refractivity contribution in [3.63, 3.8) is 0 Å². The lowest BCUT2D eigenvalue weighted by molar-refractivity contribution is 0.120. The van der Waals surface area contributed by atoms with Crippen LogP contribution >= 0.6 is 11.3 Å². The summed E-state index contributed by atoms with van der Waals surface area (Å²) in [5.74, 6) is -1.35. The van der Waals surface area contributed by atoms with Crippen molar-refractivity contribution in [1.82, 2.24) is 4.90 Å². The second-order valence-electron chi connectivity index (χ2n) is 4.51. The monoisotopic (exact) mass is 283 g/mol. The molecule has 2 aromatic rings. The molecule has 0 spiro atoms. The van der Waals surface area contributed by atoms with E-state index < -0.39 is 17.7 Å². The van der Waals surface area contributed by atoms with Gasteiger partial charge in [0.2, 0.25) is 0 Å². The van der Waals surface area contributed by atoms with Crippen LogP contribution in [0.3, 0.4) is 0 Å². The minimum absolute atomic E-state index is 0.124. The van der Waals surface area contributed by atoms with Crippen LogP contribution in [-0.4, -0.2) is 23.6 Å². The fraction of sp³-hybridized carbons (Fsp3) is 0.286. The number of hydrogen-bond donors (Lipinski definition) is 1. The zero-order valence-corrected chi connectivity index (χ0v) is 11.3. The third kappa shape index (κ3) is 3.83. The number of hydrogen-bond acceptors (Lipinski definition) is 3. The summed E-state index contributed by atoms with van der Waals surface area (Å²) >= 11 is 1.61. The molecular weight excluding hydrogens is 268 g/mol. The van der Waals surface area contributed by atoms with E-state index in [1.807, 2.05) is 28.8 Å². The van der Waals surface area contributed by atoms with Gasteiger partial charge in [-0.25, -0.2) is 8.78 Å². The molecule has 0 saturated carbocycles. The maximum Gasteiger partial charge on any atom is 0.131 e. The van der Waals surface area contributed by atoms with Gasteiger partial charge in [0.05, 0.1) is 6.10 Å². The molecule has 0 fully saturated rings. The Labute approximate surface area is 114 Å². The van der Waals surface area contributed by atoms with Crippen molar-refractivity contribution in [2.75, 3.05) is 13.6 Å². The van der Waals surface area contributed by atoms with E-state index in [1.54, 1.807) is 11.3 Å². The first-order valence-corrected chi connectivity index (χ1v) is 6.83. The summed E-state index contributed by atoms with van der Waals surface area (Å²) in [5.41, 5.74) is 1.28. The van der Waals surface area contributed by atoms with E-state index in [-0.39, 0.29) is 5.56 Å². The third-order valence-electron chi connectivity index (χ3n) is 2.84. The van der Waals surface area contributed by atoms with Gasteiger partial charge in [0, 0.05) is 24.7 Å². The van der Waals surface area contributed by atoms with E-state index in [2.05, 4.69) is 0 Å². The lowest BCUT2D eigenvalue weighted by atomic mass is 10.1. The van der Waals surface area contributed by atoms with Gasteiger partial charge in [-0.2, -0.15) is 11.3 Å². The molecular formula is C14H15F2NOS. The Balaban J connectivity index is 1.98. The van der Waals surface area contributed by atoms with Crippen LogP contribution in [0.25, 0.3) is 0 Å². The minimum Gasteiger partial charge on any atom is -0.387 e. The first-order chi connectivity index (χ1) is 9.06. The fourth-order valence-corrected chi connectivity index (χ4v) is 2.58. The smallest absolute Gasteiger partial charge is 0.131 e. The number of aliphatic hydroxyl groups excluding tert-OH is 1. The summed E-state index contributed by atoms with van der Waals surface area (Å²) in [5, 5.41) is 14.0. The van der Waals surface area contributed by atoms with Crippen molar-refractivity contribution in [2.45, 2.75) is 12.6 Å². The average molecular weight is 283 g/mol. The van der Waals surface area contributed by atoms with Gasteiger partial charge < -0.3 is 5.11 Å². The SMILES string of the molecule is CN(Cc1ccsc1)CC(O)c1ccc(F)cc1F. The number of aliphatic hydroxyl groups is 1. The molecule has 0 saturated heterocycles. The van der Waals surface area contributed by atoms with Crippen LogP contribution in [-0.2, 0) is 6.54 Å². The summed E-state index contributed by atoms with van der Waals surface area (Å²) in [6.07, 6.45) is -0.968. The Morgan fingerprint density at radius 1 is 1.32 bits per heavy atom. The Bertz CT molecular complexity index is 530. The molecule has 0 bridgehead atoms. The number of likely N-dealkylation sites (N-methyl/N-ethyl adjacent to an activating group) is 1. The van der Waals surface area contributed by atoms with E-state index >= 15 is 0 Å². The molecule has 1 heterocycles. The number of nitrogens with zero attached hydrogens (tertiary/aromatic N) is 1. The summed E-state index contributed by atoms with van der Waals surface area (Å²) in [6.45, 7) is 0.974. The second kappa shape index (κ2) is 6.23. The largest absolute Gasteiger partial charge is 0.387 e. The van der Waals surface area contributed by atoms with Crippen molar-refractivity contribution in [1.29, 1.82) is 0 Å². The molecule has 0 aliphatic heterocycles. The summed E-state index contributed by atoms with van der Waals surface area (Å²) in [4.78, 5) is 1.90. The molecule has 0 aliphatic carbocycles. The summed E-state index contributed by atoms with van der Waals surface area (Å²) in [6, 6.07) is 5.23. The van der Waals surface area contributed by atoms with Gasteiger partial charge in [0.1, 0.15) is 11.6 Å². The maximum atomic E-state index is 13.5. The molecule has 0 amide bonds. The maximum absolute atomic E-state index is 13.5. The van der Waals surface area contributed by atoms with Crippen LogP contribution in [0.4, 0.5) is 8.78 Å². The Morgan fingerprint density at radius 3 is 2.74 bits per heavy atom. The zero-order valence-electron chi connectivity index (χ0n) is 10.5. The standard InChI is InChI=1S/C14H15F2NOS/c1-17(7-10-4-5-19-9-10)8-14(18)12-3-2-11(15)6-13(12)16/h2-6,9,14,18H,7-8H2,1H3.